The van der Waals surface area contributed by atoms with Crippen LogP contribution in [0.5, 0.6) is 0 Å². The van der Waals surface area contributed by atoms with E-state index in [9.17, 15) is 5.11 Å². The molecular weight excluding hydrogens is 210 g/mol. The van der Waals surface area contributed by atoms with Gasteiger partial charge in [0, 0.05) is 18.1 Å². The highest BCUT2D eigenvalue weighted by molar-refractivity contribution is 4.97. The van der Waals surface area contributed by atoms with E-state index in [4.69, 9.17) is 0 Å². The molecule has 17 heavy (non-hydrogen) atoms. The van der Waals surface area contributed by atoms with Gasteiger partial charge in [-0.3, -0.25) is 4.90 Å². The van der Waals surface area contributed by atoms with E-state index < -0.39 is 0 Å². The summed E-state index contributed by atoms with van der Waals surface area (Å²) in [5.41, 5.74) is 0. The van der Waals surface area contributed by atoms with Gasteiger partial charge in [-0.1, -0.05) is 33.1 Å². The fourth-order valence-corrected chi connectivity index (χ4v) is 4.04. The van der Waals surface area contributed by atoms with E-state index in [1.54, 1.807) is 0 Å². The highest BCUT2D eigenvalue weighted by atomic mass is 16.3. The molecule has 2 aliphatic rings. The lowest BCUT2D eigenvalue weighted by Gasteiger charge is -2.42. The maximum absolute atomic E-state index is 10.3. The number of rotatable bonds is 5. The molecule has 0 aliphatic carbocycles. The molecule has 2 fully saturated rings. The van der Waals surface area contributed by atoms with Crippen LogP contribution in [0.1, 0.15) is 71.6 Å². The molecule has 0 radical (unpaired) electrons. The topological polar surface area (TPSA) is 23.5 Å². The van der Waals surface area contributed by atoms with E-state index in [1.807, 2.05) is 0 Å². The van der Waals surface area contributed by atoms with Gasteiger partial charge in [0.15, 0.2) is 0 Å². The van der Waals surface area contributed by atoms with Gasteiger partial charge in [0.1, 0.15) is 0 Å². The van der Waals surface area contributed by atoms with Gasteiger partial charge in [0.25, 0.3) is 0 Å². The average Bonchev–Trinajstić information content (AvgIpc) is 2.74. The van der Waals surface area contributed by atoms with Crippen molar-refractivity contribution in [2.45, 2.75) is 95.9 Å². The van der Waals surface area contributed by atoms with Gasteiger partial charge in [-0.05, 0) is 38.5 Å². The summed E-state index contributed by atoms with van der Waals surface area (Å²) in [6.45, 7) is 4.46. The van der Waals surface area contributed by atoms with E-state index in [2.05, 4.69) is 18.7 Å². The van der Waals surface area contributed by atoms with Crippen molar-refractivity contribution in [2.24, 2.45) is 0 Å². The zero-order valence-electron chi connectivity index (χ0n) is 11.6. The van der Waals surface area contributed by atoms with Crippen LogP contribution in [0.25, 0.3) is 0 Å². The third-order valence-corrected chi connectivity index (χ3v) is 4.75. The van der Waals surface area contributed by atoms with Crippen molar-refractivity contribution in [3.05, 3.63) is 0 Å². The van der Waals surface area contributed by atoms with Crippen molar-refractivity contribution in [1.29, 1.82) is 0 Å². The molecule has 0 saturated carbocycles. The van der Waals surface area contributed by atoms with Gasteiger partial charge < -0.3 is 5.11 Å². The summed E-state index contributed by atoms with van der Waals surface area (Å²) < 4.78 is 0. The van der Waals surface area contributed by atoms with Crippen LogP contribution in [0.2, 0.25) is 0 Å². The second kappa shape index (κ2) is 6.19. The normalized spacial score (nSPS) is 35.8. The molecule has 0 aromatic carbocycles. The summed E-state index contributed by atoms with van der Waals surface area (Å²) in [6, 6.07) is 2.02. The van der Waals surface area contributed by atoms with Gasteiger partial charge in [0.05, 0.1) is 6.10 Å². The second-order valence-corrected chi connectivity index (χ2v) is 5.98. The van der Waals surface area contributed by atoms with Gasteiger partial charge in [-0.15, -0.1) is 0 Å². The molecule has 0 aromatic rings. The summed E-state index contributed by atoms with van der Waals surface area (Å²) in [5.74, 6) is 0. The Hall–Kier alpha value is -0.0800. The van der Waals surface area contributed by atoms with E-state index in [0.717, 1.165) is 24.9 Å². The number of nitrogens with zero attached hydrogens (tertiary/aromatic N) is 1. The molecule has 0 aromatic heterocycles. The van der Waals surface area contributed by atoms with Crippen molar-refractivity contribution in [1.82, 2.24) is 4.90 Å². The lowest BCUT2D eigenvalue weighted by molar-refractivity contribution is 0.00369. The molecule has 0 bridgehead atoms. The monoisotopic (exact) mass is 239 g/mol. The summed E-state index contributed by atoms with van der Waals surface area (Å²) in [4.78, 5) is 2.72. The first-order chi connectivity index (χ1) is 8.27. The fourth-order valence-electron chi connectivity index (χ4n) is 4.04. The van der Waals surface area contributed by atoms with E-state index >= 15 is 0 Å². The minimum atomic E-state index is -0.0811. The Morgan fingerprint density at radius 1 is 1.12 bits per heavy atom. The Morgan fingerprint density at radius 2 is 1.94 bits per heavy atom. The Balaban J connectivity index is 2.02. The first-order valence-electron chi connectivity index (χ1n) is 7.73. The molecule has 4 atom stereocenters. The fraction of sp³-hybridized carbons (Fsp3) is 1.00. The Labute approximate surface area is 106 Å². The molecule has 2 aliphatic heterocycles. The first kappa shape index (κ1) is 13.4. The zero-order chi connectivity index (χ0) is 12.3. The number of aliphatic hydroxyl groups excluding tert-OH is 1. The van der Waals surface area contributed by atoms with E-state index in [1.165, 1.54) is 44.9 Å². The SMILES string of the molecule is CCC[C@H]1CCC[C@H]2CC[C@@H]([C@H](O)CCC)N12. The van der Waals surface area contributed by atoms with E-state index in [0.29, 0.717) is 6.04 Å². The number of piperidine rings is 1. The second-order valence-electron chi connectivity index (χ2n) is 5.98. The van der Waals surface area contributed by atoms with Gasteiger partial charge >= 0.3 is 0 Å². The van der Waals surface area contributed by atoms with Crippen LogP contribution in [-0.2, 0) is 0 Å². The van der Waals surface area contributed by atoms with Crippen molar-refractivity contribution < 1.29 is 5.11 Å². The molecule has 2 heterocycles. The van der Waals surface area contributed by atoms with Crippen LogP contribution in [-0.4, -0.2) is 34.2 Å². The Kier molecular flexibility index (Phi) is 4.87. The van der Waals surface area contributed by atoms with Crippen molar-refractivity contribution in [3.8, 4) is 0 Å². The lowest BCUT2D eigenvalue weighted by atomic mass is 9.93. The third kappa shape index (κ3) is 2.85. The average molecular weight is 239 g/mol. The summed E-state index contributed by atoms with van der Waals surface area (Å²) in [6.07, 6.45) is 11.3. The number of hydrogen-bond acceptors (Lipinski definition) is 2. The number of hydrogen-bond donors (Lipinski definition) is 1. The highest BCUT2D eigenvalue weighted by Crippen LogP contribution is 2.38. The molecule has 1 N–H and O–H groups in total. The maximum atomic E-state index is 10.3. The molecule has 0 spiro atoms. The third-order valence-electron chi connectivity index (χ3n) is 4.75. The van der Waals surface area contributed by atoms with Crippen LogP contribution in [0.15, 0.2) is 0 Å². The molecule has 0 unspecified atom stereocenters. The van der Waals surface area contributed by atoms with Crippen molar-refractivity contribution in [2.75, 3.05) is 0 Å². The Morgan fingerprint density at radius 3 is 2.65 bits per heavy atom. The molecule has 2 saturated heterocycles. The van der Waals surface area contributed by atoms with Crippen molar-refractivity contribution in [3.63, 3.8) is 0 Å². The summed E-state index contributed by atoms with van der Waals surface area (Å²) in [5, 5.41) is 10.3. The highest BCUT2D eigenvalue weighted by Gasteiger charge is 2.42. The molecular formula is C15H29NO. The first-order valence-corrected chi connectivity index (χ1v) is 7.73. The zero-order valence-corrected chi connectivity index (χ0v) is 11.6. The summed E-state index contributed by atoms with van der Waals surface area (Å²) in [7, 11) is 0. The number of aliphatic hydroxyl groups is 1. The van der Waals surface area contributed by atoms with Crippen LogP contribution < -0.4 is 0 Å². The van der Waals surface area contributed by atoms with E-state index in [-0.39, 0.29) is 6.10 Å². The minimum absolute atomic E-state index is 0.0811. The van der Waals surface area contributed by atoms with Gasteiger partial charge in [-0.25, -0.2) is 0 Å². The lowest BCUT2D eigenvalue weighted by Crippen LogP contribution is -2.50. The quantitative estimate of drug-likeness (QED) is 0.795. The summed E-state index contributed by atoms with van der Waals surface area (Å²) >= 11 is 0. The number of fused-ring (bicyclic) bond motifs is 1. The van der Waals surface area contributed by atoms with Crippen LogP contribution in [0, 0.1) is 0 Å². The maximum Gasteiger partial charge on any atom is 0.0695 e. The predicted molar refractivity (Wildman–Crippen MR) is 72.1 cm³/mol. The smallest absolute Gasteiger partial charge is 0.0695 e. The van der Waals surface area contributed by atoms with Crippen molar-refractivity contribution >= 4 is 0 Å². The van der Waals surface area contributed by atoms with Gasteiger partial charge in [-0.2, -0.15) is 0 Å². The van der Waals surface area contributed by atoms with Crippen LogP contribution >= 0.6 is 0 Å². The van der Waals surface area contributed by atoms with Crippen LogP contribution in [0.4, 0.5) is 0 Å². The van der Waals surface area contributed by atoms with Gasteiger partial charge in [0.2, 0.25) is 0 Å². The Bertz CT molecular complexity index is 229. The van der Waals surface area contributed by atoms with Crippen LogP contribution in [0.3, 0.4) is 0 Å². The molecule has 2 rings (SSSR count). The molecule has 100 valence electrons. The standard InChI is InChI=1S/C15H29NO/c1-3-6-12-8-5-9-13-10-11-14(16(12)13)15(17)7-4-2/h12-15,17H,3-11H2,1-2H3/t12-,13-,14-,15+/m0/s1. The predicted octanol–water partition coefficient (Wildman–Crippen LogP) is 3.33. The molecule has 2 heteroatoms. The minimum Gasteiger partial charge on any atom is -0.391 e. The molecule has 2 nitrogen and oxygen atoms in total. The molecule has 0 amide bonds. The largest absolute Gasteiger partial charge is 0.391 e.